The molecule has 0 spiro atoms. The fourth-order valence-corrected chi connectivity index (χ4v) is 4.64. The van der Waals surface area contributed by atoms with Crippen molar-refractivity contribution in [2.75, 3.05) is 10.6 Å². The second kappa shape index (κ2) is 11.4. The first-order valence-electron chi connectivity index (χ1n) is 12.4. The normalized spacial score (nSPS) is 17.9. The number of amides is 2. The molecule has 3 N–H and O–H groups in total. The van der Waals surface area contributed by atoms with Gasteiger partial charge in [0.05, 0.1) is 23.2 Å². The Morgan fingerprint density at radius 1 is 1.05 bits per heavy atom. The average Bonchev–Trinajstić information content (AvgIpc) is 3.24. The third-order valence-electron chi connectivity index (χ3n) is 6.71. The van der Waals surface area contributed by atoms with Crippen LogP contribution in [0.2, 0.25) is 0 Å². The monoisotopic (exact) mass is 524 g/mol. The van der Waals surface area contributed by atoms with Crippen LogP contribution in [0.3, 0.4) is 0 Å². The fraction of sp³-hybridized carbons (Fsp3) is 0.370. The standard InChI is InChI=1S/C27H29FN4O6/c1-14-21(30-25(33)18-9-4-5-10-19(18)26(34)35)12-13-22(29-14)24-23(15(2)32-38-24)31-27(36)37-16(3)17-8-6-7-11-20(17)28/h6-8,11-13,16,18-19H,4-5,9-10H2,1-3H3,(H,30,33)(H,31,36)(H,34,35)/t16?,18-,19-/m0/s1. The van der Waals surface area contributed by atoms with Gasteiger partial charge in [-0.05, 0) is 51.8 Å². The van der Waals surface area contributed by atoms with Gasteiger partial charge < -0.3 is 19.7 Å². The van der Waals surface area contributed by atoms with Crippen molar-refractivity contribution < 1.29 is 33.1 Å². The lowest BCUT2D eigenvalue weighted by Gasteiger charge is -2.27. The molecule has 1 fully saturated rings. The van der Waals surface area contributed by atoms with Gasteiger partial charge in [0.2, 0.25) is 11.7 Å². The maximum absolute atomic E-state index is 14.0. The maximum Gasteiger partial charge on any atom is 0.412 e. The molecule has 2 heterocycles. The van der Waals surface area contributed by atoms with E-state index in [0.29, 0.717) is 35.6 Å². The van der Waals surface area contributed by atoms with Gasteiger partial charge in [-0.15, -0.1) is 0 Å². The van der Waals surface area contributed by atoms with Crippen molar-refractivity contribution in [2.24, 2.45) is 11.8 Å². The van der Waals surface area contributed by atoms with Crippen molar-refractivity contribution in [3.8, 4) is 11.5 Å². The highest BCUT2D eigenvalue weighted by Crippen LogP contribution is 2.34. The molecule has 11 heteroatoms. The second-order valence-electron chi connectivity index (χ2n) is 9.32. The van der Waals surface area contributed by atoms with Gasteiger partial charge in [0.15, 0.2) is 0 Å². The lowest BCUT2D eigenvalue weighted by molar-refractivity contribution is -0.147. The lowest BCUT2D eigenvalue weighted by atomic mass is 9.78. The molecule has 1 unspecified atom stereocenters. The number of halogens is 1. The maximum atomic E-state index is 14.0. The molecule has 38 heavy (non-hydrogen) atoms. The van der Waals surface area contributed by atoms with E-state index >= 15 is 0 Å². The van der Waals surface area contributed by atoms with Crippen LogP contribution in [0.1, 0.15) is 55.7 Å². The van der Waals surface area contributed by atoms with Crippen molar-refractivity contribution in [3.63, 3.8) is 0 Å². The first-order valence-corrected chi connectivity index (χ1v) is 12.4. The number of carbonyl (C=O) groups is 3. The van der Waals surface area contributed by atoms with E-state index in [1.54, 1.807) is 45.0 Å². The van der Waals surface area contributed by atoms with Gasteiger partial charge in [-0.25, -0.2) is 14.2 Å². The number of nitrogens with zero attached hydrogens (tertiary/aromatic N) is 2. The minimum atomic E-state index is -0.961. The number of aromatic nitrogens is 2. The van der Waals surface area contributed by atoms with Gasteiger partial charge in [-0.1, -0.05) is 36.2 Å². The number of carboxylic acid groups (broad SMARTS) is 1. The Labute approximate surface area is 218 Å². The number of rotatable bonds is 7. The molecule has 1 aliphatic rings. The number of carboxylic acids is 1. The lowest BCUT2D eigenvalue weighted by Crippen LogP contribution is -2.36. The fourth-order valence-electron chi connectivity index (χ4n) is 4.64. The molecule has 0 saturated heterocycles. The van der Waals surface area contributed by atoms with Crippen LogP contribution in [0.25, 0.3) is 11.5 Å². The van der Waals surface area contributed by atoms with E-state index in [2.05, 4.69) is 20.8 Å². The van der Waals surface area contributed by atoms with E-state index < -0.39 is 35.8 Å². The van der Waals surface area contributed by atoms with Gasteiger partial charge >= 0.3 is 12.1 Å². The van der Waals surface area contributed by atoms with Crippen LogP contribution in [-0.4, -0.2) is 33.2 Å². The molecule has 4 rings (SSSR count). The Hall–Kier alpha value is -4.28. The molecule has 0 aliphatic heterocycles. The molecular weight excluding hydrogens is 495 g/mol. The summed E-state index contributed by atoms with van der Waals surface area (Å²) in [6.07, 6.45) is 0.929. The van der Waals surface area contributed by atoms with Crippen LogP contribution in [-0.2, 0) is 14.3 Å². The number of hydrogen-bond acceptors (Lipinski definition) is 7. The van der Waals surface area contributed by atoms with Crippen molar-refractivity contribution in [3.05, 3.63) is 59.2 Å². The van der Waals surface area contributed by atoms with E-state index in [-0.39, 0.29) is 22.9 Å². The molecule has 1 saturated carbocycles. The zero-order valence-electron chi connectivity index (χ0n) is 21.3. The van der Waals surface area contributed by atoms with Crippen molar-refractivity contribution in [1.29, 1.82) is 0 Å². The van der Waals surface area contributed by atoms with Crippen LogP contribution in [0, 0.1) is 31.5 Å². The summed E-state index contributed by atoms with van der Waals surface area (Å²) in [6, 6.07) is 9.25. The van der Waals surface area contributed by atoms with Crippen molar-refractivity contribution in [2.45, 2.75) is 52.6 Å². The zero-order chi connectivity index (χ0) is 27.4. The number of aliphatic carboxylic acids is 1. The number of anilines is 2. The number of aryl methyl sites for hydroxylation is 2. The molecule has 200 valence electrons. The Balaban J connectivity index is 1.47. The number of ether oxygens (including phenoxy) is 1. The minimum Gasteiger partial charge on any atom is -0.481 e. The molecule has 10 nitrogen and oxygen atoms in total. The molecule has 2 aromatic heterocycles. The van der Waals surface area contributed by atoms with E-state index in [1.165, 1.54) is 12.1 Å². The third-order valence-corrected chi connectivity index (χ3v) is 6.71. The summed E-state index contributed by atoms with van der Waals surface area (Å²) in [5.41, 5.74) is 2.12. The Morgan fingerprint density at radius 2 is 1.76 bits per heavy atom. The molecule has 3 atom stereocenters. The number of nitrogens with one attached hydrogen (secondary N) is 2. The van der Waals surface area contributed by atoms with Crippen LogP contribution >= 0.6 is 0 Å². The predicted molar refractivity (Wildman–Crippen MR) is 136 cm³/mol. The molecule has 3 aromatic rings. The van der Waals surface area contributed by atoms with Crippen LogP contribution in [0.5, 0.6) is 0 Å². The largest absolute Gasteiger partial charge is 0.481 e. The Morgan fingerprint density at radius 3 is 2.45 bits per heavy atom. The SMILES string of the molecule is Cc1nc(-c2onc(C)c2NC(=O)OC(C)c2ccccc2F)ccc1NC(=O)[C@H]1CCCC[C@@H]1C(=O)O. The van der Waals surface area contributed by atoms with E-state index in [1.807, 2.05) is 0 Å². The van der Waals surface area contributed by atoms with E-state index in [9.17, 15) is 23.9 Å². The number of carbonyl (C=O) groups excluding carboxylic acids is 2. The summed E-state index contributed by atoms with van der Waals surface area (Å²) in [4.78, 5) is 41.5. The highest BCUT2D eigenvalue weighted by Gasteiger charge is 2.36. The van der Waals surface area contributed by atoms with Crippen molar-refractivity contribution >= 4 is 29.3 Å². The van der Waals surface area contributed by atoms with Crippen molar-refractivity contribution in [1.82, 2.24) is 10.1 Å². The first-order chi connectivity index (χ1) is 18.2. The summed E-state index contributed by atoms with van der Waals surface area (Å²) in [6.45, 7) is 4.88. The number of pyridine rings is 1. The molecule has 2 amide bonds. The van der Waals surface area contributed by atoms with E-state index in [4.69, 9.17) is 9.26 Å². The summed E-state index contributed by atoms with van der Waals surface area (Å²) in [5.74, 6) is -2.92. The predicted octanol–water partition coefficient (Wildman–Crippen LogP) is 5.63. The summed E-state index contributed by atoms with van der Waals surface area (Å²) in [7, 11) is 0. The van der Waals surface area contributed by atoms with Gasteiger partial charge in [0.25, 0.3) is 0 Å². The molecule has 0 bridgehead atoms. The van der Waals surface area contributed by atoms with Crippen LogP contribution in [0.4, 0.5) is 20.6 Å². The number of hydrogen-bond donors (Lipinski definition) is 3. The number of benzene rings is 1. The second-order valence-corrected chi connectivity index (χ2v) is 9.32. The molecular formula is C27H29FN4O6. The van der Waals surface area contributed by atoms with E-state index in [0.717, 1.165) is 12.8 Å². The highest BCUT2D eigenvalue weighted by molar-refractivity contribution is 5.96. The summed E-state index contributed by atoms with van der Waals surface area (Å²) < 4.78 is 24.8. The highest BCUT2D eigenvalue weighted by atomic mass is 19.1. The van der Waals surface area contributed by atoms with Gasteiger partial charge in [-0.3, -0.25) is 14.9 Å². The molecule has 0 radical (unpaired) electrons. The minimum absolute atomic E-state index is 0.178. The summed E-state index contributed by atoms with van der Waals surface area (Å²) in [5, 5.41) is 18.8. The smallest absolute Gasteiger partial charge is 0.412 e. The molecule has 1 aromatic carbocycles. The molecule has 1 aliphatic carbocycles. The van der Waals surface area contributed by atoms with Gasteiger partial charge in [0.1, 0.15) is 29.0 Å². The Bertz CT molecular complexity index is 1360. The van der Waals surface area contributed by atoms with Crippen LogP contribution < -0.4 is 10.6 Å². The quantitative estimate of drug-likeness (QED) is 0.361. The van der Waals surface area contributed by atoms with Gasteiger partial charge in [0, 0.05) is 5.56 Å². The summed E-state index contributed by atoms with van der Waals surface area (Å²) >= 11 is 0. The Kier molecular flexibility index (Phi) is 8.04. The average molecular weight is 525 g/mol. The third kappa shape index (κ3) is 5.82. The van der Waals surface area contributed by atoms with Crippen LogP contribution in [0.15, 0.2) is 40.9 Å². The topological polar surface area (TPSA) is 144 Å². The van der Waals surface area contributed by atoms with Gasteiger partial charge in [-0.2, -0.15) is 0 Å². The zero-order valence-corrected chi connectivity index (χ0v) is 21.3. The first kappa shape index (κ1) is 26.8.